The van der Waals surface area contributed by atoms with Gasteiger partial charge in [-0.25, -0.2) is 0 Å². The number of hydrogen-bond donors (Lipinski definition) is 2. The van der Waals surface area contributed by atoms with Crippen LogP contribution in [0.2, 0.25) is 0 Å². The number of ketones is 1. The van der Waals surface area contributed by atoms with Crippen molar-refractivity contribution >= 4 is 17.4 Å². The molecule has 0 aliphatic carbocycles. The number of unbranched alkanes of at least 4 members (excludes halogenated alkanes) is 8. The molecule has 0 aromatic heterocycles. The van der Waals surface area contributed by atoms with Crippen LogP contribution in [0.1, 0.15) is 77.6 Å². The Balaban J connectivity index is 3.41. The summed E-state index contributed by atoms with van der Waals surface area (Å²) in [6.07, 6.45) is 10.7. The molecule has 0 aliphatic heterocycles. The van der Waals surface area contributed by atoms with E-state index in [0.717, 1.165) is 19.3 Å². The molecule has 114 valence electrons. The molecule has 4 heteroatoms. The number of carbonyl (C=O) groups is 1. The molecule has 3 nitrogen and oxygen atoms in total. The van der Waals surface area contributed by atoms with Crippen LogP contribution in [0.3, 0.4) is 0 Å². The first-order chi connectivity index (χ1) is 9.04. The van der Waals surface area contributed by atoms with Gasteiger partial charge >= 0.3 is 0 Å². The average Bonchev–Trinajstić information content (AvgIpc) is 2.36. The summed E-state index contributed by atoms with van der Waals surface area (Å²) in [7, 11) is 0. The van der Waals surface area contributed by atoms with E-state index in [1.807, 2.05) is 0 Å². The Kier molecular flexibility index (Phi) is 11.6. The first-order valence-corrected chi connectivity index (χ1v) is 8.12. The molecule has 0 saturated heterocycles. The zero-order chi connectivity index (χ0) is 14.6. The fourth-order valence-corrected chi connectivity index (χ4v) is 2.33. The van der Waals surface area contributed by atoms with E-state index in [1.54, 1.807) is 0 Å². The predicted octanol–water partition coefficient (Wildman–Crippen LogP) is 3.79. The fraction of sp³-hybridized carbons (Fsp3) is 0.933. The molecule has 0 aliphatic rings. The molecular formula is C15H29ClO3. The molecule has 0 fully saturated rings. The molecule has 0 saturated carbocycles. The number of hydrogen-bond acceptors (Lipinski definition) is 3. The summed E-state index contributed by atoms with van der Waals surface area (Å²) in [5.41, 5.74) is 0. The Hall–Kier alpha value is -0.120. The highest BCUT2D eigenvalue weighted by Gasteiger charge is 2.30. The molecule has 0 rings (SSSR count). The van der Waals surface area contributed by atoms with Gasteiger partial charge in [-0.15, -0.1) is 11.6 Å². The normalized spacial score (nSPS) is 11.8. The Morgan fingerprint density at radius 2 is 1.42 bits per heavy atom. The summed E-state index contributed by atoms with van der Waals surface area (Å²) in [5, 5.41) is 18.9. The van der Waals surface area contributed by atoms with Gasteiger partial charge in [0.05, 0.1) is 0 Å². The molecule has 2 N–H and O–H groups in total. The van der Waals surface area contributed by atoms with E-state index in [1.165, 1.54) is 38.5 Å². The molecule has 0 aromatic carbocycles. The third-order valence-electron chi connectivity index (χ3n) is 3.40. The second-order valence-corrected chi connectivity index (χ2v) is 5.64. The SMILES string of the molecule is CCCCCCCCCCCC(=O)C(O)(O)CCCl. The van der Waals surface area contributed by atoms with Gasteiger partial charge in [-0.1, -0.05) is 58.3 Å². The van der Waals surface area contributed by atoms with Crippen LogP contribution in [0.5, 0.6) is 0 Å². The summed E-state index contributed by atoms with van der Waals surface area (Å²) in [5.74, 6) is -2.64. The second-order valence-electron chi connectivity index (χ2n) is 5.26. The van der Waals surface area contributed by atoms with Gasteiger partial charge in [0.1, 0.15) is 0 Å². The highest BCUT2D eigenvalue weighted by Crippen LogP contribution is 2.15. The molecule has 0 aromatic rings. The maximum Gasteiger partial charge on any atom is 0.225 e. The average molecular weight is 293 g/mol. The van der Waals surface area contributed by atoms with Crippen LogP contribution < -0.4 is 0 Å². The monoisotopic (exact) mass is 292 g/mol. The highest BCUT2D eigenvalue weighted by atomic mass is 35.5. The van der Waals surface area contributed by atoms with E-state index >= 15 is 0 Å². The molecule has 0 atom stereocenters. The minimum absolute atomic E-state index is 0.0799. The van der Waals surface area contributed by atoms with Crippen molar-refractivity contribution in [3.05, 3.63) is 0 Å². The van der Waals surface area contributed by atoms with Crippen molar-refractivity contribution in [1.82, 2.24) is 0 Å². The standard InChI is InChI=1S/C15H29ClO3/c1-2-3-4-5-6-7-8-9-10-11-14(17)15(18,19)12-13-16/h18-19H,2-13H2,1H3. The first kappa shape index (κ1) is 18.9. The summed E-state index contributed by atoms with van der Waals surface area (Å²) in [6, 6.07) is 0. The second kappa shape index (κ2) is 11.7. The molecule has 0 bridgehead atoms. The van der Waals surface area contributed by atoms with Gasteiger partial charge in [-0.3, -0.25) is 4.79 Å². The molecule has 0 radical (unpaired) electrons. The van der Waals surface area contributed by atoms with E-state index in [2.05, 4.69) is 6.92 Å². The zero-order valence-electron chi connectivity index (χ0n) is 12.2. The number of aliphatic hydroxyl groups is 2. The highest BCUT2D eigenvalue weighted by molar-refractivity contribution is 6.18. The van der Waals surface area contributed by atoms with Crippen molar-refractivity contribution in [1.29, 1.82) is 0 Å². The van der Waals surface area contributed by atoms with Gasteiger partial charge in [-0.05, 0) is 6.42 Å². The van der Waals surface area contributed by atoms with Gasteiger partial charge in [0.15, 0.2) is 5.78 Å². The van der Waals surface area contributed by atoms with Gasteiger partial charge in [-0.2, -0.15) is 0 Å². The fourth-order valence-electron chi connectivity index (χ4n) is 2.07. The smallest absolute Gasteiger partial charge is 0.225 e. The van der Waals surface area contributed by atoms with Crippen molar-refractivity contribution in [2.45, 2.75) is 83.3 Å². The number of Topliss-reactive ketones (excluding diaryl/α,β-unsaturated/α-hetero) is 1. The lowest BCUT2D eigenvalue weighted by molar-refractivity contribution is -0.183. The molecule has 0 heterocycles. The Bertz CT molecular complexity index is 229. The maximum absolute atomic E-state index is 11.5. The summed E-state index contributed by atoms with van der Waals surface area (Å²) in [4.78, 5) is 11.5. The summed E-state index contributed by atoms with van der Waals surface area (Å²) >= 11 is 5.41. The topological polar surface area (TPSA) is 57.5 Å². The van der Waals surface area contributed by atoms with Crippen molar-refractivity contribution in [3.63, 3.8) is 0 Å². The van der Waals surface area contributed by atoms with Crippen molar-refractivity contribution in [2.24, 2.45) is 0 Å². The summed E-state index contributed by atoms with van der Waals surface area (Å²) < 4.78 is 0. The molecule has 0 spiro atoms. The Labute approximate surface area is 122 Å². The minimum atomic E-state index is -2.22. The van der Waals surface area contributed by atoms with Gasteiger partial charge in [0.2, 0.25) is 5.79 Å². The van der Waals surface area contributed by atoms with Crippen LogP contribution in [0.15, 0.2) is 0 Å². The maximum atomic E-state index is 11.5. The van der Waals surface area contributed by atoms with Crippen molar-refractivity contribution in [2.75, 3.05) is 5.88 Å². The van der Waals surface area contributed by atoms with Crippen molar-refractivity contribution in [3.8, 4) is 0 Å². The van der Waals surface area contributed by atoms with E-state index in [-0.39, 0.29) is 18.7 Å². The predicted molar refractivity (Wildman–Crippen MR) is 79.4 cm³/mol. The van der Waals surface area contributed by atoms with E-state index in [9.17, 15) is 15.0 Å². The molecule has 0 amide bonds. The van der Waals surface area contributed by atoms with Crippen LogP contribution in [-0.4, -0.2) is 27.7 Å². The van der Waals surface area contributed by atoms with Crippen LogP contribution in [0.4, 0.5) is 0 Å². The first-order valence-electron chi connectivity index (χ1n) is 7.58. The van der Waals surface area contributed by atoms with Gasteiger partial charge in [0, 0.05) is 18.7 Å². The zero-order valence-corrected chi connectivity index (χ0v) is 12.9. The molecule has 19 heavy (non-hydrogen) atoms. The lowest BCUT2D eigenvalue weighted by Crippen LogP contribution is -2.38. The van der Waals surface area contributed by atoms with Gasteiger partial charge < -0.3 is 10.2 Å². The van der Waals surface area contributed by atoms with Crippen LogP contribution in [-0.2, 0) is 4.79 Å². The Morgan fingerprint density at radius 3 is 1.89 bits per heavy atom. The number of halogens is 1. The van der Waals surface area contributed by atoms with E-state index in [0.29, 0.717) is 0 Å². The molecule has 0 unspecified atom stereocenters. The van der Waals surface area contributed by atoms with Crippen LogP contribution >= 0.6 is 11.6 Å². The number of carbonyl (C=O) groups excluding carboxylic acids is 1. The van der Waals surface area contributed by atoms with Crippen LogP contribution in [0.25, 0.3) is 0 Å². The van der Waals surface area contributed by atoms with Crippen LogP contribution in [0, 0.1) is 0 Å². The van der Waals surface area contributed by atoms with E-state index in [4.69, 9.17) is 11.6 Å². The number of rotatable bonds is 13. The number of alkyl halides is 1. The lowest BCUT2D eigenvalue weighted by Gasteiger charge is -2.18. The van der Waals surface area contributed by atoms with E-state index < -0.39 is 11.6 Å². The quantitative estimate of drug-likeness (QED) is 0.308. The lowest BCUT2D eigenvalue weighted by atomic mass is 10.0. The largest absolute Gasteiger partial charge is 0.360 e. The van der Waals surface area contributed by atoms with Crippen molar-refractivity contribution < 1.29 is 15.0 Å². The Morgan fingerprint density at radius 1 is 0.947 bits per heavy atom. The molecular weight excluding hydrogens is 264 g/mol. The van der Waals surface area contributed by atoms with Gasteiger partial charge in [0.25, 0.3) is 0 Å². The third-order valence-corrected chi connectivity index (χ3v) is 3.59. The minimum Gasteiger partial charge on any atom is -0.360 e. The third kappa shape index (κ3) is 10.3. The summed E-state index contributed by atoms with van der Waals surface area (Å²) in [6.45, 7) is 2.21.